The van der Waals surface area contributed by atoms with Gasteiger partial charge in [0.1, 0.15) is 0 Å². The van der Waals surface area contributed by atoms with Gasteiger partial charge in [0.05, 0.1) is 0 Å². The second kappa shape index (κ2) is 4.70. The van der Waals surface area contributed by atoms with Crippen LogP contribution in [0.25, 0.3) is 30.9 Å². The van der Waals surface area contributed by atoms with Gasteiger partial charge in [-0.05, 0) is 23.6 Å². The first-order valence-electron chi connectivity index (χ1n) is 6.03. The Morgan fingerprint density at radius 3 is 2.40 bits per heavy atom. The molecule has 98 valence electrons. The molecule has 0 radical (unpaired) electrons. The lowest BCUT2D eigenvalue weighted by Crippen LogP contribution is -1.76. The highest BCUT2D eigenvalue weighted by atomic mass is 79.9. The zero-order valence-electron chi connectivity index (χ0n) is 10.1. The Morgan fingerprint density at radius 1 is 0.850 bits per heavy atom. The summed E-state index contributed by atoms with van der Waals surface area (Å²) in [6.45, 7) is 0. The molecular weight excluding hydrogens is 420 g/mol. The highest BCUT2D eigenvalue weighted by molar-refractivity contribution is 9.11. The van der Waals surface area contributed by atoms with Crippen molar-refractivity contribution in [2.75, 3.05) is 0 Å². The van der Waals surface area contributed by atoms with Gasteiger partial charge in [-0.2, -0.15) is 0 Å². The second-order valence-corrected chi connectivity index (χ2v) is 7.84. The van der Waals surface area contributed by atoms with Crippen molar-refractivity contribution in [3.05, 3.63) is 56.4 Å². The summed E-state index contributed by atoms with van der Waals surface area (Å²) in [7, 11) is 0. The highest BCUT2D eigenvalue weighted by Gasteiger charge is 2.13. The minimum absolute atomic E-state index is 0.763. The zero-order chi connectivity index (χ0) is 13.9. The first kappa shape index (κ1) is 13.1. The van der Waals surface area contributed by atoms with Gasteiger partial charge in [-0.25, -0.2) is 0 Å². The number of benzene rings is 3. The minimum atomic E-state index is 0.763. The van der Waals surface area contributed by atoms with E-state index >= 15 is 0 Å². The van der Waals surface area contributed by atoms with E-state index in [1.54, 1.807) is 11.3 Å². The Morgan fingerprint density at radius 2 is 1.60 bits per heavy atom. The summed E-state index contributed by atoms with van der Waals surface area (Å²) in [5.41, 5.74) is 0. The topological polar surface area (TPSA) is 0 Å². The summed E-state index contributed by atoms with van der Waals surface area (Å²) in [6, 6.07) is 14.7. The molecule has 20 heavy (non-hydrogen) atoms. The third kappa shape index (κ3) is 1.84. The molecule has 0 aliphatic rings. The molecule has 0 bridgehead atoms. The number of fused-ring (bicyclic) bond motifs is 5. The average Bonchev–Trinajstić information content (AvgIpc) is 2.77. The van der Waals surface area contributed by atoms with Crippen molar-refractivity contribution in [2.24, 2.45) is 0 Å². The molecule has 0 amide bonds. The molecule has 3 aromatic carbocycles. The molecule has 0 aliphatic heterocycles. The smallest absolute Gasteiger partial charge is 0.0435 e. The molecule has 0 aliphatic carbocycles. The van der Waals surface area contributed by atoms with Gasteiger partial charge in [-0.15, -0.1) is 11.3 Å². The SMILES string of the molecule is Clc1cc(Br)c2c(c1)sc1c3ccccc3c(Br)cc12. The van der Waals surface area contributed by atoms with Gasteiger partial charge < -0.3 is 0 Å². The molecule has 0 atom stereocenters. The first-order chi connectivity index (χ1) is 9.65. The van der Waals surface area contributed by atoms with E-state index in [1.807, 2.05) is 12.1 Å². The maximum atomic E-state index is 6.17. The van der Waals surface area contributed by atoms with Crippen LogP contribution in [0.5, 0.6) is 0 Å². The first-order valence-corrected chi connectivity index (χ1v) is 8.82. The molecule has 0 spiro atoms. The van der Waals surface area contributed by atoms with E-state index < -0.39 is 0 Å². The fraction of sp³-hybridized carbons (Fsp3) is 0. The van der Waals surface area contributed by atoms with Crippen molar-refractivity contribution in [2.45, 2.75) is 0 Å². The fourth-order valence-corrected chi connectivity index (χ4v) is 5.68. The molecule has 1 aromatic heterocycles. The number of halogens is 3. The summed E-state index contributed by atoms with van der Waals surface area (Å²) >= 11 is 15.3. The van der Waals surface area contributed by atoms with E-state index in [4.69, 9.17) is 11.6 Å². The zero-order valence-corrected chi connectivity index (χ0v) is 14.8. The van der Waals surface area contributed by atoms with Crippen molar-refractivity contribution in [1.29, 1.82) is 0 Å². The largest absolute Gasteiger partial charge is 0.134 e. The van der Waals surface area contributed by atoms with Crippen LogP contribution in [0.3, 0.4) is 0 Å². The lowest BCUT2D eigenvalue weighted by Gasteiger charge is -2.03. The summed E-state index contributed by atoms with van der Waals surface area (Å²) < 4.78 is 4.69. The van der Waals surface area contributed by atoms with Crippen LogP contribution in [0, 0.1) is 0 Å². The van der Waals surface area contributed by atoms with Crippen LogP contribution in [0.2, 0.25) is 5.02 Å². The van der Waals surface area contributed by atoms with E-state index in [0.29, 0.717) is 0 Å². The van der Waals surface area contributed by atoms with Crippen molar-refractivity contribution >= 4 is 85.7 Å². The Labute approximate surface area is 141 Å². The Bertz CT molecular complexity index is 988. The summed E-state index contributed by atoms with van der Waals surface area (Å²) in [5, 5.41) is 5.79. The normalized spacial score (nSPS) is 11.8. The molecule has 0 fully saturated rings. The van der Waals surface area contributed by atoms with Crippen molar-refractivity contribution in [3.63, 3.8) is 0 Å². The Balaban J connectivity index is 2.34. The molecule has 0 nitrogen and oxygen atoms in total. The number of hydrogen-bond donors (Lipinski definition) is 0. The van der Waals surface area contributed by atoms with E-state index in [1.165, 1.54) is 30.9 Å². The maximum absolute atomic E-state index is 6.17. The molecular formula is C16H7Br2ClS. The molecule has 0 N–H and O–H groups in total. The average molecular weight is 427 g/mol. The van der Waals surface area contributed by atoms with Crippen molar-refractivity contribution in [1.82, 2.24) is 0 Å². The van der Waals surface area contributed by atoms with Crippen molar-refractivity contribution in [3.8, 4) is 0 Å². The van der Waals surface area contributed by atoms with Gasteiger partial charge in [0, 0.05) is 39.5 Å². The summed E-state index contributed by atoms with van der Waals surface area (Å²) in [6.07, 6.45) is 0. The number of hydrogen-bond acceptors (Lipinski definition) is 1. The third-order valence-corrected chi connectivity index (χ3v) is 6.13. The summed E-state index contributed by atoms with van der Waals surface area (Å²) in [5.74, 6) is 0. The van der Waals surface area contributed by atoms with Crippen LogP contribution in [0.4, 0.5) is 0 Å². The van der Waals surface area contributed by atoms with Crippen LogP contribution in [-0.4, -0.2) is 0 Å². The summed E-state index contributed by atoms with van der Waals surface area (Å²) in [4.78, 5) is 0. The quantitative estimate of drug-likeness (QED) is 0.275. The van der Waals surface area contributed by atoms with Gasteiger partial charge in [-0.1, -0.05) is 67.7 Å². The van der Waals surface area contributed by atoms with Gasteiger partial charge in [0.25, 0.3) is 0 Å². The van der Waals surface area contributed by atoms with Crippen LogP contribution in [0.1, 0.15) is 0 Å². The molecule has 1 heterocycles. The molecule has 4 aromatic rings. The second-order valence-electron chi connectivity index (χ2n) is 4.64. The standard InChI is InChI=1S/C16H7Br2ClS/c17-12-7-11-15-13(18)5-8(19)6-14(15)20-16(11)10-4-2-1-3-9(10)12/h1-7H. The molecule has 0 saturated carbocycles. The van der Waals surface area contributed by atoms with Gasteiger partial charge >= 0.3 is 0 Å². The van der Waals surface area contributed by atoms with Gasteiger partial charge in [0.2, 0.25) is 0 Å². The molecule has 0 saturated heterocycles. The van der Waals surface area contributed by atoms with E-state index in [2.05, 4.69) is 62.2 Å². The van der Waals surface area contributed by atoms with Crippen LogP contribution in [-0.2, 0) is 0 Å². The van der Waals surface area contributed by atoms with E-state index in [0.717, 1.165) is 14.0 Å². The molecule has 4 heteroatoms. The minimum Gasteiger partial charge on any atom is -0.134 e. The maximum Gasteiger partial charge on any atom is 0.0435 e. The van der Waals surface area contributed by atoms with Crippen LogP contribution < -0.4 is 0 Å². The third-order valence-electron chi connectivity index (χ3n) is 3.44. The van der Waals surface area contributed by atoms with Crippen LogP contribution in [0.15, 0.2) is 51.4 Å². The Hall–Kier alpha value is -0.610. The predicted molar refractivity (Wildman–Crippen MR) is 97.2 cm³/mol. The number of thiophene rings is 1. The van der Waals surface area contributed by atoms with E-state index in [9.17, 15) is 0 Å². The van der Waals surface area contributed by atoms with Gasteiger partial charge in [-0.3, -0.25) is 0 Å². The van der Waals surface area contributed by atoms with Crippen molar-refractivity contribution < 1.29 is 0 Å². The highest BCUT2D eigenvalue weighted by Crippen LogP contribution is 2.44. The van der Waals surface area contributed by atoms with Crippen LogP contribution >= 0.6 is 54.8 Å². The van der Waals surface area contributed by atoms with Gasteiger partial charge in [0.15, 0.2) is 0 Å². The lowest BCUT2D eigenvalue weighted by molar-refractivity contribution is 1.77. The van der Waals surface area contributed by atoms with E-state index in [-0.39, 0.29) is 0 Å². The number of rotatable bonds is 0. The fourth-order valence-electron chi connectivity index (χ4n) is 2.60. The Kier molecular flexibility index (Phi) is 3.08. The molecule has 4 rings (SSSR count). The predicted octanol–water partition coefficient (Wildman–Crippen LogP) is 7.39. The lowest BCUT2D eigenvalue weighted by atomic mass is 10.1. The monoisotopic (exact) mass is 424 g/mol. The molecule has 0 unspecified atom stereocenters.